The lowest BCUT2D eigenvalue weighted by Gasteiger charge is -2.35. The number of hydrazone groups is 1. The molecule has 1 fully saturated rings. The third kappa shape index (κ3) is 3.74. The summed E-state index contributed by atoms with van der Waals surface area (Å²) in [5.41, 5.74) is 2.12. The first-order chi connectivity index (χ1) is 11.3. The maximum atomic E-state index is 9.28. The molecule has 1 aliphatic rings. The minimum absolute atomic E-state index is 0.271. The summed E-state index contributed by atoms with van der Waals surface area (Å²) in [7, 11) is 1.71. The van der Waals surface area contributed by atoms with E-state index in [-0.39, 0.29) is 5.75 Å². The Labute approximate surface area is 136 Å². The Morgan fingerprint density at radius 3 is 2.39 bits per heavy atom. The second kappa shape index (κ2) is 7.05. The molecule has 120 valence electrons. The van der Waals surface area contributed by atoms with Gasteiger partial charge in [0.2, 0.25) is 0 Å². The van der Waals surface area contributed by atoms with Crippen molar-refractivity contribution in [1.82, 2.24) is 5.01 Å². The summed E-state index contributed by atoms with van der Waals surface area (Å²) < 4.78 is 5.44. The van der Waals surface area contributed by atoms with E-state index in [1.54, 1.807) is 19.2 Å². The van der Waals surface area contributed by atoms with Crippen LogP contribution in [-0.2, 0) is 0 Å². The maximum absolute atomic E-state index is 9.28. The number of phenolic OH excluding ortho intramolecular Hbond substituents is 1. The monoisotopic (exact) mass is 311 g/mol. The third-order valence-electron chi connectivity index (χ3n) is 3.95. The number of aromatic hydroxyl groups is 1. The predicted octanol–water partition coefficient (Wildman–Crippen LogP) is 2.56. The van der Waals surface area contributed by atoms with Crippen molar-refractivity contribution in [2.45, 2.75) is 0 Å². The molecule has 0 radical (unpaired) electrons. The maximum Gasteiger partial charge on any atom is 0.142 e. The Balaban J connectivity index is 1.59. The van der Waals surface area contributed by atoms with Crippen LogP contribution >= 0.6 is 0 Å². The first-order valence-electron chi connectivity index (χ1n) is 7.72. The van der Waals surface area contributed by atoms with Gasteiger partial charge in [0.25, 0.3) is 0 Å². The minimum atomic E-state index is 0.271. The van der Waals surface area contributed by atoms with Crippen molar-refractivity contribution < 1.29 is 9.84 Å². The number of ether oxygens (including phenoxy) is 1. The van der Waals surface area contributed by atoms with Gasteiger partial charge in [0.1, 0.15) is 11.5 Å². The van der Waals surface area contributed by atoms with Crippen molar-refractivity contribution in [1.29, 1.82) is 0 Å². The molecular formula is C18H21N3O2. The van der Waals surface area contributed by atoms with E-state index in [2.05, 4.69) is 21.1 Å². The van der Waals surface area contributed by atoms with Gasteiger partial charge in [-0.1, -0.05) is 12.1 Å². The van der Waals surface area contributed by atoms with E-state index in [0.717, 1.165) is 43.2 Å². The van der Waals surface area contributed by atoms with E-state index in [4.69, 9.17) is 4.74 Å². The number of benzene rings is 2. The molecule has 0 unspecified atom stereocenters. The SMILES string of the molecule is COc1ccccc1N1CCN(/N=C\c2ccc(O)cc2)CC1. The summed E-state index contributed by atoms with van der Waals surface area (Å²) >= 11 is 0. The highest BCUT2D eigenvalue weighted by Crippen LogP contribution is 2.28. The molecule has 0 saturated carbocycles. The van der Waals surface area contributed by atoms with Crippen molar-refractivity contribution in [2.24, 2.45) is 5.10 Å². The zero-order valence-corrected chi connectivity index (χ0v) is 13.2. The Bertz CT molecular complexity index is 662. The van der Waals surface area contributed by atoms with E-state index in [9.17, 15) is 5.11 Å². The quantitative estimate of drug-likeness (QED) is 0.882. The molecule has 2 aromatic carbocycles. The summed E-state index contributed by atoms with van der Waals surface area (Å²) in [4.78, 5) is 2.32. The summed E-state index contributed by atoms with van der Waals surface area (Å²) in [6.45, 7) is 3.56. The van der Waals surface area contributed by atoms with Gasteiger partial charge in [0.15, 0.2) is 0 Å². The minimum Gasteiger partial charge on any atom is -0.508 e. The van der Waals surface area contributed by atoms with E-state index in [1.165, 1.54) is 0 Å². The first kappa shape index (κ1) is 15.2. The van der Waals surface area contributed by atoms with E-state index in [1.807, 2.05) is 36.5 Å². The van der Waals surface area contributed by atoms with Gasteiger partial charge in [0.05, 0.1) is 32.1 Å². The van der Waals surface area contributed by atoms with Crippen LogP contribution in [0.5, 0.6) is 11.5 Å². The lowest BCUT2D eigenvalue weighted by molar-refractivity contribution is 0.271. The number of hydrogen-bond donors (Lipinski definition) is 1. The van der Waals surface area contributed by atoms with Crippen LogP contribution in [0.2, 0.25) is 0 Å². The fourth-order valence-corrected chi connectivity index (χ4v) is 2.65. The van der Waals surface area contributed by atoms with Gasteiger partial charge < -0.3 is 14.7 Å². The number of nitrogens with zero attached hydrogens (tertiary/aromatic N) is 3. The molecule has 1 heterocycles. The van der Waals surface area contributed by atoms with Gasteiger partial charge in [-0.05, 0) is 42.0 Å². The Morgan fingerprint density at radius 2 is 1.70 bits per heavy atom. The summed E-state index contributed by atoms with van der Waals surface area (Å²) in [6.07, 6.45) is 1.83. The van der Waals surface area contributed by atoms with Crippen molar-refractivity contribution in [2.75, 3.05) is 38.2 Å². The third-order valence-corrected chi connectivity index (χ3v) is 3.95. The van der Waals surface area contributed by atoms with Crippen LogP contribution in [0.15, 0.2) is 53.6 Å². The molecule has 0 amide bonds. The van der Waals surface area contributed by atoms with Crippen LogP contribution in [0.1, 0.15) is 5.56 Å². The van der Waals surface area contributed by atoms with Gasteiger partial charge in [-0.15, -0.1) is 0 Å². The highest BCUT2D eigenvalue weighted by molar-refractivity contribution is 5.79. The van der Waals surface area contributed by atoms with Gasteiger partial charge in [0, 0.05) is 13.1 Å². The predicted molar refractivity (Wildman–Crippen MR) is 92.5 cm³/mol. The largest absolute Gasteiger partial charge is 0.508 e. The van der Waals surface area contributed by atoms with Crippen LogP contribution in [-0.4, -0.2) is 49.6 Å². The molecule has 5 heteroatoms. The smallest absolute Gasteiger partial charge is 0.142 e. The molecule has 0 bridgehead atoms. The molecule has 0 aliphatic carbocycles. The molecule has 0 spiro atoms. The highest BCUT2D eigenvalue weighted by atomic mass is 16.5. The lowest BCUT2D eigenvalue weighted by Crippen LogP contribution is -2.44. The summed E-state index contributed by atoms with van der Waals surface area (Å²) in [5, 5.41) is 15.9. The Kier molecular flexibility index (Phi) is 4.66. The number of methoxy groups -OCH3 is 1. The standard InChI is InChI=1S/C18H21N3O2/c1-23-18-5-3-2-4-17(18)20-10-12-21(13-11-20)19-14-15-6-8-16(22)9-7-15/h2-9,14,22H,10-13H2,1H3/b19-14-. The number of rotatable bonds is 4. The Hall–Kier alpha value is -2.69. The first-order valence-corrected chi connectivity index (χ1v) is 7.72. The molecule has 0 atom stereocenters. The molecule has 1 N–H and O–H groups in total. The molecule has 23 heavy (non-hydrogen) atoms. The van der Waals surface area contributed by atoms with Gasteiger partial charge in [-0.2, -0.15) is 5.10 Å². The molecule has 5 nitrogen and oxygen atoms in total. The van der Waals surface area contributed by atoms with Crippen LogP contribution in [0, 0.1) is 0 Å². The second-order valence-corrected chi connectivity index (χ2v) is 5.45. The normalized spacial score (nSPS) is 15.2. The lowest BCUT2D eigenvalue weighted by atomic mass is 10.2. The topological polar surface area (TPSA) is 48.3 Å². The number of hydrogen-bond acceptors (Lipinski definition) is 5. The fraction of sp³-hybridized carbons (Fsp3) is 0.278. The average Bonchev–Trinajstić information content (AvgIpc) is 2.62. The zero-order valence-electron chi connectivity index (χ0n) is 13.2. The molecule has 2 aromatic rings. The molecule has 0 aromatic heterocycles. The van der Waals surface area contributed by atoms with Gasteiger partial charge >= 0.3 is 0 Å². The van der Waals surface area contributed by atoms with Gasteiger partial charge in [-0.3, -0.25) is 5.01 Å². The van der Waals surface area contributed by atoms with Crippen molar-refractivity contribution in [3.05, 3.63) is 54.1 Å². The summed E-state index contributed by atoms with van der Waals surface area (Å²) in [6, 6.07) is 15.1. The van der Waals surface area contributed by atoms with Crippen LogP contribution in [0.4, 0.5) is 5.69 Å². The van der Waals surface area contributed by atoms with E-state index >= 15 is 0 Å². The number of piperazine rings is 1. The van der Waals surface area contributed by atoms with Crippen LogP contribution in [0.3, 0.4) is 0 Å². The molecular weight excluding hydrogens is 290 g/mol. The van der Waals surface area contributed by atoms with E-state index < -0.39 is 0 Å². The van der Waals surface area contributed by atoms with E-state index in [0.29, 0.717) is 0 Å². The van der Waals surface area contributed by atoms with Gasteiger partial charge in [-0.25, -0.2) is 0 Å². The second-order valence-electron chi connectivity index (χ2n) is 5.45. The van der Waals surface area contributed by atoms with Crippen molar-refractivity contribution >= 4 is 11.9 Å². The van der Waals surface area contributed by atoms with Crippen LogP contribution < -0.4 is 9.64 Å². The van der Waals surface area contributed by atoms with Crippen molar-refractivity contribution in [3.8, 4) is 11.5 Å². The van der Waals surface area contributed by atoms with Crippen molar-refractivity contribution in [3.63, 3.8) is 0 Å². The Morgan fingerprint density at radius 1 is 1.00 bits per heavy atom. The zero-order chi connectivity index (χ0) is 16.1. The molecule has 1 aliphatic heterocycles. The fourth-order valence-electron chi connectivity index (χ4n) is 2.65. The number of para-hydroxylation sites is 2. The summed E-state index contributed by atoms with van der Waals surface area (Å²) in [5.74, 6) is 1.18. The highest BCUT2D eigenvalue weighted by Gasteiger charge is 2.18. The number of phenols is 1. The number of anilines is 1. The average molecular weight is 311 g/mol. The molecule has 3 rings (SSSR count). The molecule has 1 saturated heterocycles. The van der Waals surface area contributed by atoms with Crippen LogP contribution in [0.25, 0.3) is 0 Å².